The monoisotopic (exact) mass is 420 g/mol. The van der Waals surface area contributed by atoms with E-state index in [1.54, 1.807) is 23.1 Å². The van der Waals surface area contributed by atoms with Crippen LogP contribution in [0.3, 0.4) is 0 Å². The van der Waals surface area contributed by atoms with E-state index in [1.165, 1.54) is 6.26 Å². The van der Waals surface area contributed by atoms with Crippen LogP contribution in [0.15, 0.2) is 35.2 Å². The molecule has 1 aliphatic rings. The molecule has 158 valence electrons. The molecule has 2 amide bonds. The third-order valence-corrected chi connectivity index (χ3v) is 4.98. The van der Waals surface area contributed by atoms with Crippen LogP contribution in [-0.2, 0) is 4.74 Å². The zero-order chi connectivity index (χ0) is 21.8. The molecule has 12 heteroatoms. The van der Waals surface area contributed by atoms with Gasteiger partial charge in [-0.25, -0.2) is 4.98 Å². The number of carbonyl (C=O) groups is 2. The molecule has 0 bridgehead atoms. The topological polar surface area (TPSA) is 124 Å². The molecular weight excluding hydrogens is 398 g/mol. The van der Waals surface area contributed by atoms with Crippen LogP contribution in [0, 0.1) is 6.92 Å². The van der Waals surface area contributed by atoms with Crippen molar-refractivity contribution < 1.29 is 18.7 Å². The molecule has 3 aromatic heterocycles. The number of hydrogen-bond donors (Lipinski definition) is 2. The lowest BCUT2D eigenvalue weighted by Gasteiger charge is -2.22. The van der Waals surface area contributed by atoms with Gasteiger partial charge in [0.05, 0.1) is 19.5 Å². The number of hydrogen-bond acceptors (Lipinski definition) is 7. The number of aromatic nitrogens is 4. The second-order valence-electron chi connectivity index (χ2n) is 7.25. The molecule has 0 saturated carbocycles. The Bertz CT molecular complexity index is 1090. The highest BCUT2D eigenvalue weighted by Crippen LogP contribution is 2.25. The van der Waals surface area contributed by atoms with Gasteiger partial charge in [-0.3, -0.25) is 19.3 Å². The molecule has 10 nitrogen and oxygen atoms in total. The fraction of sp³-hybridized carbons (Fsp3) is 0.316. The number of nitrogens with one attached hydrogen (secondary N) is 2. The molecule has 1 aliphatic heterocycles. The van der Waals surface area contributed by atoms with Crippen LogP contribution in [0.4, 0.5) is 5.69 Å². The Morgan fingerprint density at radius 1 is 1.29 bits per heavy atom. The van der Waals surface area contributed by atoms with Crippen molar-refractivity contribution in [3.8, 4) is 11.5 Å². The quantitative estimate of drug-likeness (QED) is 0.556. The molecule has 0 unspecified atom stereocenters. The summed E-state index contributed by atoms with van der Waals surface area (Å²) in [5.41, 5.74) is 2.13. The molecule has 3 aromatic rings. The van der Waals surface area contributed by atoms with Crippen LogP contribution in [0.1, 0.15) is 45.6 Å². The van der Waals surface area contributed by atoms with Crippen molar-refractivity contribution in [3.05, 3.63) is 47.9 Å². The lowest BCUT2D eigenvalue weighted by atomic mass is 9.67. The molecule has 1 saturated heterocycles. The Hall–Kier alpha value is -3.40. The second kappa shape index (κ2) is 9.17. The van der Waals surface area contributed by atoms with Crippen molar-refractivity contribution in [3.63, 3.8) is 0 Å². The van der Waals surface area contributed by atoms with Gasteiger partial charge < -0.3 is 19.7 Å². The molecule has 4 heterocycles. The van der Waals surface area contributed by atoms with E-state index in [0.29, 0.717) is 32.1 Å². The van der Waals surface area contributed by atoms with Gasteiger partial charge in [-0.05, 0) is 31.9 Å². The number of aryl methyl sites for hydroxylation is 1. The maximum absolute atomic E-state index is 12.8. The van der Waals surface area contributed by atoms with Gasteiger partial charge >= 0.3 is 0 Å². The van der Waals surface area contributed by atoms with Crippen LogP contribution in [0.25, 0.3) is 11.5 Å². The lowest BCUT2D eigenvalue weighted by molar-refractivity contribution is 0.0660. The summed E-state index contributed by atoms with van der Waals surface area (Å²) in [5.74, 6) is -0.521. The number of amides is 2. The van der Waals surface area contributed by atoms with E-state index in [0.717, 1.165) is 24.1 Å². The number of ether oxygens (including phenoxy) is 1. The zero-order valence-corrected chi connectivity index (χ0v) is 17.4. The summed E-state index contributed by atoms with van der Waals surface area (Å²) in [6.45, 7) is 3.14. The predicted octanol–water partition coefficient (Wildman–Crippen LogP) is 0.475. The molecule has 31 heavy (non-hydrogen) atoms. The van der Waals surface area contributed by atoms with E-state index >= 15 is 0 Å². The van der Waals surface area contributed by atoms with Gasteiger partial charge in [0, 0.05) is 36.9 Å². The van der Waals surface area contributed by atoms with Gasteiger partial charge in [-0.1, -0.05) is 0 Å². The predicted molar refractivity (Wildman–Crippen MR) is 117 cm³/mol. The molecule has 0 atom stereocenters. The lowest BCUT2D eigenvalue weighted by Crippen LogP contribution is -2.29. The van der Waals surface area contributed by atoms with E-state index < -0.39 is 5.91 Å². The van der Waals surface area contributed by atoms with Crippen molar-refractivity contribution in [1.82, 2.24) is 25.0 Å². The van der Waals surface area contributed by atoms with Gasteiger partial charge in [0.25, 0.3) is 11.8 Å². The van der Waals surface area contributed by atoms with Crippen molar-refractivity contribution in [2.75, 3.05) is 18.5 Å². The summed E-state index contributed by atoms with van der Waals surface area (Å²) < 4.78 is 12.6. The van der Waals surface area contributed by atoms with Crippen LogP contribution in [-0.4, -0.2) is 59.8 Å². The highest BCUT2D eigenvalue weighted by Gasteiger charge is 2.24. The van der Waals surface area contributed by atoms with Gasteiger partial charge in [0.1, 0.15) is 6.26 Å². The van der Waals surface area contributed by atoms with E-state index in [9.17, 15) is 9.59 Å². The van der Waals surface area contributed by atoms with Crippen molar-refractivity contribution in [1.29, 1.82) is 0 Å². The third-order valence-electron chi connectivity index (χ3n) is 4.98. The SMILES string of the molecule is BBNC(=O)c1nn(C2CCOCC2)cc1NC(=O)c1coc(-c2ccnc(C)c2)n1. The van der Waals surface area contributed by atoms with Crippen molar-refractivity contribution in [2.45, 2.75) is 25.8 Å². The minimum atomic E-state index is -0.488. The van der Waals surface area contributed by atoms with E-state index in [1.807, 2.05) is 20.7 Å². The van der Waals surface area contributed by atoms with Crippen LogP contribution < -0.4 is 10.5 Å². The maximum Gasteiger partial charge on any atom is 0.277 e. The minimum absolute atomic E-state index is 0.102. The van der Waals surface area contributed by atoms with Gasteiger partial charge in [-0.2, -0.15) is 5.10 Å². The van der Waals surface area contributed by atoms with E-state index in [4.69, 9.17) is 9.15 Å². The highest BCUT2D eigenvalue weighted by molar-refractivity contribution is 6.89. The first kappa shape index (κ1) is 20.9. The Labute approximate surface area is 180 Å². The fourth-order valence-electron chi connectivity index (χ4n) is 3.41. The number of anilines is 1. The zero-order valence-electron chi connectivity index (χ0n) is 17.4. The summed E-state index contributed by atoms with van der Waals surface area (Å²) in [6, 6.07) is 3.69. The summed E-state index contributed by atoms with van der Waals surface area (Å²) in [7, 11) is 2.28. The highest BCUT2D eigenvalue weighted by atomic mass is 16.5. The molecule has 0 radical (unpaired) electrons. The van der Waals surface area contributed by atoms with Crippen molar-refractivity contribution in [2.24, 2.45) is 0 Å². The molecule has 0 spiro atoms. The summed E-state index contributed by atoms with van der Waals surface area (Å²) in [4.78, 5) is 33.7. The van der Waals surface area contributed by atoms with E-state index in [-0.39, 0.29) is 23.3 Å². The average Bonchev–Trinajstić information content (AvgIpc) is 3.42. The Morgan fingerprint density at radius 2 is 2.10 bits per heavy atom. The Morgan fingerprint density at radius 3 is 2.84 bits per heavy atom. The number of carbonyl (C=O) groups excluding carboxylic acids is 2. The van der Waals surface area contributed by atoms with Crippen LogP contribution in [0.5, 0.6) is 0 Å². The smallest absolute Gasteiger partial charge is 0.277 e. The summed E-state index contributed by atoms with van der Waals surface area (Å²) in [5, 5.41) is 9.93. The first-order chi connectivity index (χ1) is 15.0. The minimum Gasteiger partial charge on any atom is -0.444 e. The first-order valence-electron chi connectivity index (χ1n) is 10.2. The summed E-state index contributed by atoms with van der Waals surface area (Å²) >= 11 is 0. The second-order valence-corrected chi connectivity index (χ2v) is 7.25. The average molecular weight is 420 g/mol. The van der Waals surface area contributed by atoms with Gasteiger partial charge in [0.15, 0.2) is 18.7 Å². The summed E-state index contributed by atoms with van der Waals surface area (Å²) in [6.07, 6.45) is 6.21. The normalized spacial score (nSPS) is 14.2. The molecular formula is C19H22B2N6O4. The molecule has 0 aliphatic carbocycles. The van der Waals surface area contributed by atoms with E-state index in [2.05, 4.69) is 25.6 Å². The van der Waals surface area contributed by atoms with Crippen LogP contribution >= 0.6 is 0 Å². The molecule has 0 aromatic carbocycles. The largest absolute Gasteiger partial charge is 0.444 e. The molecule has 2 N–H and O–H groups in total. The third kappa shape index (κ3) is 4.69. The fourth-order valence-corrected chi connectivity index (χ4v) is 3.41. The number of nitrogens with zero attached hydrogens (tertiary/aromatic N) is 4. The Kier molecular flexibility index (Phi) is 6.17. The van der Waals surface area contributed by atoms with Gasteiger partial charge in [-0.15, -0.1) is 0 Å². The number of rotatable bonds is 6. The number of pyridine rings is 1. The molecule has 1 fully saturated rings. The standard InChI is InChI=1S/C19H22B2N6O4/c1-11-8-12(2-5-22-11)19-24-15(10-31-19)17(28)23-14-9-27(13-3-6-30-7-4-13)26-16(14)18(29)25-21-20/h2,5,8-10,13,21H,3-4,6-7,20H2,1H3,(H,23,28)(H,25,29). The van der Waals surface area contributed by atoms with Gasteiger partial charge in [0.2, 0.25) is 5.89 Å². The van der Waals surface area contributed by atoms with Crippen molar-refractivity contribution >= 4 is 32.5 Å². The van der Waals surface area contributed by atoms with Crippen LogP contribution in [0.2, 0.25) is 0 Å². The molecule has 4 rings (SSSR count). The maximum atomic E-state index is 12.8. The number of oxazole rings is 1. The Balaban J connectivity index is 1.56. The first-order valence-corrected chi connectivity index (χ1v) is 10.2.